The zero-order chi connectivity index (χ0) is 11.5. The molecule has 86 valence electrons. The third-order valence-corrected chi connectivity index (χ3v) is 2.87. The summed E-state index contributed by atoms with van der Waals surface area (Å²) in [5.74, 6) is 0.685. The molecular formula is C10H16N6. The third-order valence-electron chi connectivity index (χ3n) is 2.87. The topological polar surface area (TPSA) is 71.4 Å². The average molecular weight is 220 g/mol. The molecule has 2 heterocycles. The van der Waals surface area contributed by atoms with Crippen LogP contribution in [0.25, 0.3) is 0 Å². The van der Waals surface area contributed by atoms with Crippen LogP contribution in [0.5, 0.6) is 0 Å². The number of aromatic nitrogens is 5. The molecule has 0 aromatic carbocycles. The van der Waals surface area contributed by atoms with E-state index in [1.165, 1.54) is 17.0 Å². The fourth-order valence-electron chi connectivity index (χ4n) is 1.68. The Morgan fingerprint density at radius 1 is 1.38 bits per heavy atom. The molecule has 0 aliphatic carbocycles. The first-order chi connectivity index (χ1) is 7.68. The second-order valence-electron chi connectivity index (χ2n) is 3.89. The lowest BCUT2D eigenvalue weighted by Crippen LogP contribution is -2.14. The highest BCUT2D eigenvalue weighted by Gasteiger charge is 2.05. The van der Waals surface area contributed by atoms with Crippen molar-refractivity contribution in [3.05, 3.63) is 28.8 Å². The Bertz CT molecular complexity index is 456. The molecule has 2 aromatic heterocycles. The van der Waals surface area contributed by atoms with Gasteiger partial charge in [-0.05, 0) is 25.5 Å². The van der Waals surface area contributed by atoms with Crippen molar-refractivity contribution in [1.29, 1.82) is 0 Å². The smallest absolute Gasteiger partial charge is 0.188 e. The van der Waals surface area contributed by atoms with E-state index in [4.69, 9.17) is 0 Å². The molecule has 2 N–H and O–H groups in total. The number of aryl methyl sites for hydroxylation is 1. The Kier molecular flexibility index (Phi) is 3.00. The number of aromatic amines is 1. The van der Waals surface area contributed by atoms with Gasteiger partial charge in [0.25, 0.3) is 0 Å². The van der Waals surface area contributed by atoms with Crippen LogP contribution in [0.1, 0.15) is 22.8 Å². The minimum absolute atomic E-state index is 0.629. The summed E-state index contributed by atoms with van der Waals surface area (Å²) in [7, 11) is 2.08. The van der Waals surface area contributed by atoms with Gasteiger partial charge in [-0.15, -0.1) is 10.2 Å². The molecule has 0 fully saturated rings. The number of nitrogens with one attached hydrogen (secondary N) is 2. The molecule has 0 saturated heterocycles. The van der Waals surface area contributed by atoms with Gasteiger partial charge in [0.15, 0.2) is 5.82 Å². The van der Waals surface area contributed by atoms with E-state index < -0.39 is 0 Å². The SMILES string of the molecule is Cc1cc(CNCc2nn[nH]n2)c(C)n1C. The highest BCUT2D eigenvalue weighted by molar-refractivity contribution is 5.26. The molecule has 0 unspecified atom stereocenters. The predicted molar refractivity (Wildman–Crippen MR) is 59.6 cm³/mol. The molecule has 6 nitrogen and oxygen atoms in total. The van der Waals surface area contributed by atoms with Crippen molar-refractivity contribution < 1.29 is 0 Å². The van der Waals surface area contributed by atoms with Crippen LogP contribution in [0.2, 0.25) is 0 Å². The number of hydrogen-bond donors (Lipinski definition) is 2. The van der Waals surface area contributed by atoms with E-state index in [0.29, 0.717) is 12.4 Å². The maximum Gasteiger partial charge on any atom is 0.188 e. The quantitative estimate of drug-likeness (QED) is 0.784. The van der Waals surface area contributed by atoms with Crippen LogP contribution in [-0.2, 0) is 20.1 Å². The Labute approximate surface area is 94.1 Å². The van der Waals surface area contributed by atoms with Gasteiger partial charge in [-0.3, -0.25) is 0 Å². The van der Waals surface area contributed by atoms with Crippen LogP contribution in [0.15, 0.2) is 6.07 Å². The van der Waals surface area contributed by atoms with Gasteiger partial charge in [0.1, 0.15) is 0 Å². The fourth-order valence-corrected chi connectivity index (χ4v) is 1.68. The maximum atomic E-state index is 3.88. The van der Waals surface area contributed by atoms with Gasteiger partial charge < -0.3 is 9.88 Å². The number of H-pyrrole nitrogens is 1. The second-order valence-corrected chi connectivity index (χ2v) is 3.89. The van der Waals surface area contributed by atoms with Crippen LogP contribution in [-0.4, -0.2) is 25.2 Å². The molecule has 0 saturated carbocycles. The Balaban J connectivity index is 1.92. The highest BCUT2D eigenvalue weighted by Crippen LogP contribution is 2.12. The minimum atomic E-state index is 0.629. The van der Waals surface area contributed by atoms with Crippen molar-refractivity contribution in [3.8, 4) is 0 Å². The largest absolute Gasteiger partial charge is 0.352 e. The number of tetrazole rings is 1. The monoisotopic (exact) mass is 220 g/mol. The van der Waals surface area contributed by atoms with Gasteiger partial charge in [-0.1, -0.05) is 5.21 Å². The first kappa shape index (κ1) is 10.8. The summed E-state index contributed by atoms with van der Waals surface area (Å²) >= 11 is 0. The summed E-state index contributed by atoms with van der Waals surface area (Å²) < 4.78 is 2.19. The molecule has 0 aliphatic rings. The molecule has 0 radical (unpaired) electrons. The summed E-state index contributed by atoms with van der Waals surface area (Å²) in [6.45, 7) is 5.68. The molecule has 0 amide bonds. The van der Waals surface area contributed by atoms with E-state index >= 15 is 0 Å². The van der Waals surface area contributed by atoms with Crippen molar-refractivity contribution in [3.63, 3.8) is 0 Å². The first-order valence-corrected chi connectivity index (χ1v) is 5.23. The van der Waals surface area contributed by atoms with E-state index in [9.17, 15) is 0 Å². The van der Waals surface area contributed by atoms with Crippen LogP contribution in [0.4, 0.5) is 0 Å². The van der Waals surface area contributed by atoms with E-state index in [2.05, 4.69) is 57.5 Å². The van der Waals surface area contributed by atoms with Crippen molar-refractivity contribution in [2.75, 3.05) is 0 Å². The lowest BCUT2D eigenvalue weighted by molar-refractivity contribution is 0.659. The lowest BCUT2D eigenvalue weighted by Gasteiger charge is -2.03. The molecule has 16 heavy (non-hydrogen) atoms. The van der Waals surface area contributed by atoms with Crippen LogP contribution >= 0.6 is 0 Å². The molecule has 0 bridgehead atoms. The lowest BCUT2D eigenvalue weighted by atomic mass is 10.2. The summed E-state index contributed by atoms with van der Waals surface area (Å²) in [5.41, 5.74) is 3.87. The van der Waals surface area contributed by atoms with E-state index in [1.54, 1.807) is 0 Å². The summed E-state index contributed by atoms with van der Waals surface area (Å²) in [6.07, 6.45) is 0. The van der Waals surface area contributed by atoms with Crippen molar-refractivity contribution in [2.24, 2.45) is 7.05 Å². The fraction of sp³-hybridized carbons (Fsp3) is 0.500. The van der Waals surface area contributed by atoms with Crippen LogP contribution in [0.3, 0.4) is 0 Å². The molecular weight excluding hydrogens is 204 g/mol. The molecule has 0 aliphatic heterocycles. The molecule has 2 rings (SSSR count). The van der Waals surface area contributed by atoms with Gasteiger partial charge >= 0.3 is 0 Å². The Hall–Kier alpha value is -1.69. The standard InChI is InChI=1S/C10H16N6/c1-7-4-9(8(2)16(7)3)5-11-6-10-12-14-15-13-10/h4,11H,5-6H2,1-3H3,(H,12,13,14,15). The van der Waals surface area contributed by atoms with E-state index in [0.717, 1.165) is 6.54 Å². The van der Waals surface area contributed by atoms with Crippen molar-refractivity contribution >= 4 is 0 Å². The van der Waals surface area contributed by atoms with Crippen LogP contribution < -0.4 is 5.32 Å². The number of rotatable bonds is 4. The normalized spacial score (nSPS) is 10.9. The average Bonchev–Trinajstić information content (AvgIpc) is 2.85. The Morgan fingerprint density at radius 3 is 2.75 bits per heavy atom. The number of hydrogen-bond acceptors (Lipinski definition) is 4. The predicted octanol–water partition coefficient (Wildman–Crippen LogP) is 0.445. The van der Waals surface area contributed by atoms with E-state index in [1.807, 2.05) is 0 Å². The summed E-state index contributed by atoms with van der Waals surface area (Å²) in [6, 6.07) is 2.19. The molecule has 0 spiro atoms. The van der Waals surface area contributed by atoms with Gasteiger partial charge in [-0.25, -0.2) is 0 Å². The first-order valence-electron chi connectivity index (χ1n) is 5.23. The summed E-state index contributed by atoms with van der Waals surface area (Å²) in [5, 5.41) is 17.0. The second kappa shape index (κ2) is 4.44. The van der Waals surface area contributed by atoms with Crippen molar-refractivity contribution in [1.82, 2.24) is 30.5 Å². The van der Waals surface area contributed by atoms with Crippen molar-refractivity contribution in [2.45, 2.75) is 26.9 Å². The van der Waals surface area contributed by atoms with Gasteiger partial charge in [0, 0.05) is 25.0 Å². The Morgan fingerprint density at radius 2 is 2.19 bits per heavy atom. The van der Waals surface area contributed by atoms with Gasteiger partial charge in [0.2, 0.25) is 0 Å². The maximum absolute atomic E-state index is 3.88. The van der Waals surface area contributed by atoms with Gasteiger partial charge in [0.05, 0.1) is 6.54 Å². The van der Waals surface area contributed by atoms with Crippen LogP contribution in [0, 0.1) is 13.8 Å². The van der Waals surface area contributed by atoms with Gasteiger partial charge in [-0.2, -0.15) is 5.21 Å². The zero-order valence-electron chi connectivity index (χ0n) is 9.78. The third kappa shape index (κ3) is 2.11. The zero-order valence-corrected chi connectivity index (χ0v) is 9.78. The summed E-state index contributed by atoms with van der Waals surface area (Å²) in [4.78, 5) is 0. The minimum Gasteiger partial charge on any atom is -0.352 e. The van der Waals surface area contributed by atoms with E-state index in [-0.39, 0.29) is 0 Å². The molecule has 2 aromatic rings. The molecule has 0 atom stereocenters. The number of nitrogens with zero attached hydrogens (tertiary/aromatic N) is 4. The molecule has 6 heteroatoms. The highest BCUT2D eigenvalue weighted by atomic mass is 15.5.